The second kappa shape index (κ2) is 5.44. The molecule has 1 fully saturated rings. The Hall–Kier alpha value is -2.69. The summed E-state index contributed by atoms with van der Waals surface area (Å²) in [7, 11) is 0. The molecule has 2 aromatic carbocycles. The van der Waals surface area contributed by atoms with Gasteiger partial charge in [-0.3, -0.25) is 9.59 Å². The lowest BCUT2D eigenvalue weighted by atomic mass is 9.94. The molecule has 0 spiro atoms. The van der Waals surface area contributed by atoms with E-state index in [1.165, 1.54) is 12.1 Å². The molecular weight excluding hydrogens is 307 g/mol. The van der Waals surface area contributed by atoms with Gasteiger partial charge < -0.3 is 10.6 Å². The summed E-state index contributed by atoms with van der Waals surface area (Å²) in [6.45, 7) is 0. The van der Waals surface area contributed by atoms with Crippen molar-refractivity contribution in [3.05, 3.63) is 59.4 Å². The molecule has 0 atom stereocenters. The number of anilines is 2. The number of fused-ring (bicyclic) bond motifs is 1. The highest BCUT2D eigenvalue weighted by Crippen LogP contribution is 2.49. The Kier molecular flexibility index (Phi) is 3.37. The Labute approximate surface area is 139 Å². The van der Waals surface area contributed by atoms with Crippen LogP contribution in [0.15, 0.2) is 42.5 Å². The van der Waals surface area contributed by atoms with E-state index in [2.05, 4.69) is 10.6 Å². The van der Waals surface area contributed by atoms with Gasteiger partial charge in [-0.05, 0) is 60.7 Å². The van der Waals surface area contributed by atoms with Crippen LogP contribution in [0.3, 0.4) is 0 Å². The van der Waals surface area contributed by atoms with E-state index in [9.17, 15) is 14.0 Å². The third-order valence-corrected chi connectivity index (χ3v) is 4.84. The Morgan fingerprint density at radius 1 is 1.08 bits per heavy atom. The van der Waals surface area contributed by atoms with Gasteiger partial charge in [-0.2, -0.15) is 0 Å². The van der Waals surface area contributed by atoms with Crippen LogP contribution in [0.2, 0.25) is 0 Å². The lowest BCUT2D eigenvalue weighted by Crippen LogP contribution is -2.28. The van der Waals surface area contributed by atoms with Crippen molar-refractivity contribution < 1.29 is 14.0 Å². The SMILES string of the molecule is O=C1CCc2cc(NC(=O)C3(c4ccc(F)cc4)CC3)ccc2N1. The quantitative estimate of drug-likeness (QED) is 0.909. The van der Waals surface area contributed by atoms with Gasteiger partial charge in [-0.25, -0.2) is 4.39 Å². The third kappa shape index (κ3) is 2.56. The maximum Gasteiger partial charge on any atom is 0.235 e. The maximum absolute atomic E-state index is 13.1. The van der Waals surface area contributed by atoms with Gasteiger partial charge in [-0.1, -0.05) is 12.1 Å². The van der Waals surface area contributed by atoms with E-state index in [1.54, 1.807) is 18.2 Å². The number of amides is 2. The number of carbonyl (C=O) groups is 2. The monoisotopic (exact) mass is 324 g/mol. The van der Waals surface area contributed by atoms with Crippen molar-refractivity contribution in [1.29, 1.82) is 0 Å². The van der Waals surface area contributed by atoms with Crippen LogP contribution in [0.1, 0.15) is 30.4 Å². The van der Waals surface area contributed by atoms with E-state index >= 15 is 0 Å². The van der Waals surface area contributed by atoms with Gasteiger partial charge in [-0.15, -0.1) is 0 Å². The van der Waals surface area contributed by atoms with Crippen molar-refractivity contribution >= 4 is 23.2 Å². The van der Waals surface area contributed by atoms with Crippen molar-refractivity contribution in [3.63, 3.8) is 0 Å². The van der Waals surface area contributed by atoms with Crippen molar-refractivity contribution in [2.24, 2.45) is 0 Å². The van der Waals surface area contributed by atoms with Crippen LogP contribution < -0.4 is 10.6 Å². The topological polar surface area (TPSA) is 58.2 Å². The fraction of sp³-hybridized carbons (Fsp3) is 0.263. The Balaban J connectivity index is 1.54. The number of aryl methyl sites for hydroxylation is 1. The predicted molar refractivity (Wildman–Crippen MR) is 89.3 cm³/mol. The lowest BCUT2D eigenvalue weighted by Gasteiger charge is -2.19. The fourth-order valence-corrected chi connectivity index (χ4v) is 3.25. The number of carbonyl (C=O) groups excluding carboxylic acids is 2. The van der Waals surface area contributed by atoms with Gasteiger partial charge in [0.2, 0.25) is 11.8 Å². The van der Waals surface area contributed by atoms with Gasteiger partial charge in [0.1, 0.15) is 5.82 Å². The fourth-order valence-electron chi connectivity index (χ4n) is 3.25. The molecule has 0 saturated heterocycles. The van der Waals surface area contributed by atoms with Gasteiger partial charge >= 0.3 is 0 Å². The summed E-state index contributed by atoms with van der Waals surface area (Å²) in [5, 5.41) is 5.80. The summed E-state index contributed by atoms with van der Waals surface area (Å²) in [6.07, 6.45) is 2.68. The molecule has 24 heavy (non-hydrogen) atoms. The van der Waals surface area contributed by atoms with Gasteiger partial charge in [0.05, 0.1) is 5.41 Å². The molecule has 0 bridgehead atoms. The molecule has 1 aliphatic heterocycles. The Morgan fingerprint density at radius 3 is 2.54 bits per heavy atom. The normalized spacial score (nSPS) is 17.6. The average molecular weight is 324 g/mol. The van der Waals surface area contributed by atoms with E-state index in [0.717, 1.165) is 35.3 Å². The van der Waals surface area contributed by atoms with Crippen LogP contribution in [0, 0.1) is 5.82 Å². The van der Waals surface area contributed by atoms with Crippen LogP contribution in [0.5, 0.6) is 0 Å². The summed E-state index contributed by atoms with van der Waals surface area (Å²) < 4.78 is 13.1. The second-order valence-corrected chi connectivity index (χ2v) is 6.46. The van der Waals surface area contributed by atoms with Crippen molar-refractivity contribution in [2.75, 3.05) is 10.6 Å². The smallest absolute Gasteiger partial charge is 0.235 e. The zero-order chi connectivity index (χ0) is 16.7. The molecule has 0 radical (unpaired) electrons. The minimum atomic E-state index is -0.544. The molecule has 1 heterocycles. The molecule has 4 nitrogen and oxygen atoms in total. The van der Waals surface area contributed by atoms with E-state index in [1.807, 2.05) is 12.1 Å². The minimum Gasteiger partial charge on any atom is -0.326 e. The van der Waals surface area contributed by atoms with Crippen LogP contribution >= 0.6 is 0 Å². The minimum absolute atomic E-state index is 0.0209. The van der Waals surface area contributed by atoms with Crippen LogP contribution in [-0.4, -0.2) is 11.8 Å². The lowest BCUT2D eigenvalue weighted by molar-refractivity contribution is -0.118. The molecular formula is C19H17FN2O2. The highest BCUT2D eigenvalue weighted by molar-refractivity contribution is 6.02. The van der Waals surface area contributed by atoms with E-state index in [0.29, 0.717) is 12.8 Å². The zero-order valence-electron chi connectivity index (χ0n) is 13.1. The van der Waals surface area contributed by atoms with Crippen LogP contribution in [-0.2, 0) is 21.4 Å². The molecule has 2 aliphatic rings. The summed E-state index contributed by atoms with van der Waals surface area (Å²) in [5.74, 6) is -0.340. The number of rotatable bonds is 3. The average Bonchev–Trinajstić information content (AvgIpc) is 3.37. The van der Waals surface area contributed by atoms with Crippen molar-refractivity contribution in [3.8, 4) is 0 Å². The van der Waals surface area contributed by atoms with Gasteiger partial charge in [0.25, 0.3) is 0 Å². The third-order valence-electron chi connectivity index (χ3n) is 4.84. The number of halogens is 1. The molecule has 122 valence electrons. The number of benzene rings is 2. The van der Waals surface area contributed by atoms with Crippen molar-refractivity contribution in [1.82, 2.24) is 0 Å². The standard InChI is InChI=1S/C19H17FN2O2/c20-14-4-2-13(3-5-14)19(9-10-19)18(24)21-15-6-7-16-12(11-15)1-8-17(23)22-16/h2-7,11H,1,8-10H2,(H,21,24)(H,22,23). The molecule has 2 amide bonds. The number of hydrogen-bond acceptors (Lipinski definition) is 2. The van der Waals surface area contributed by atoms with Gasteiger partial charge in [0.15, 0.2) is 0 Å². The van der Waals surface area contributed by atoms with Crippen molar-refractivity contribution in [2.45, 2.75) is 31.1 Å². The maximum atomic E-state index is 13.1. The first-order chi connectivity index (χ1) is 11.6. The predicted octanol–water partition coefficient (Wildman–Crippen LogP) is 3.38. The summed E-state index contributed by atoms with van der Waals surface area (Å²) in [5.41, 5.74) is 2.87. The molecule has 1 aliphatic carbocycles. The first kappa shape index (κ1) is 14.9. The first-order valence-electron chi connectivity index (χ1n) is 8.07. The van der Waals surface area contributed by atoms with Crippen LogP contribution in [0.25, 0.3) is 0 Å². The van der Waals surface area contributed by atoms with E-state index in [4.69, 9.17) is 0 Å². The second-order valence-electron chi connectivity index (χ2n) is 6.46. The number of nitrogens with one attached hydrogen (secondary N) is 2. The first-order valence-corrected chi connectivity index (χ1v) is 8.07. The molecule has 2 N–H and O–H groups in total. The largest absolute Gasteiger partial charge is 0.326 e. The summed E-state index contributed by atoms with van der Waals surface area (Å²) in [6, 6.07) is 11.7. The molecule has 4 rings (SSSR count). The molecule has 0 unspecified atom stereocenters. The Morgan fingerprint density at radius 2 is 1.83 bits per heavy atom. The number of hydrogen-bond donors (Lipinski definition) is 2. The van der Waals surface area contributed by atoms with E-state index < -0.39 is 5.41 Å². The molecule has 5 heteroatoms. The molecule has 1 saturated carbocycles. The van der Waals surface area contributed by atoms with Gasteiger partial charge in [0, 0.05) is 17.8 Å². The van der Waals surface area contributed by atoms with E-state index in [-0.39, 0.29) is 17.6 Å². The molecule has 0 aromatic heterocycles. The Bertz CT molecular complexity index is 826. The summed E-state index contributed by atoms with van der Waals surface area (Å²) >= 11 is 0. The molecule has 2 aromatic rings. The summed E-state index contributed by atoms with van der Waals surface area (Å²) in [4.78, 5) is 24.1. The highest BCUT2D eigenvalue weighted by atomic mass is 19.1. The highest BCUT2D eigenvalue weighted by Gasteiger charge is 2.51. The van der Waals surface area contributed by atoms with Crippen LogP contribution in [0.4, 0.5) is 15.8 Å². The zero-order valence-corrected chi connectivity index (χ0v) is 13.1.